The van der Waals surface area contributed by atoms with Crippen molar-refractivity contribution in [2.24, 2.45) is 0 Å². The van der Waals surface area contributed by atoms with Crippen LogP contribution in [-0.4, -0.2) is 10.9 Å². The van der Waals surface area contributed by atoms with Crippen LogP contribution >= 0.6 is 11.3 Å². The third kappa shape index (κ3) is 2.30. The molecule has 1 amide bonds. The van der Waals surface area contributed by atoms with Crippen LogP contribution in [-0.2, 0) is 0 Å². The van der Waals surface area contributed by atoms with Gasteiger partial charge >= 0.3 is 0 Å². The molecule has 0 aliphatic rings. The van der Waals surface area contributed by atoms with E-state index in [1.54, 1.807) is 6.92 Å². The number of nitrogens with one attached hydrogen (secondary N) is 1. The van der Waals surface area contributed by atoms with Crippen LogP contribution in [0, 0.1) is 18.6 Å². The summed E-state index contributed by atoms with van der Waals surface area (Å²) in [5, 5.41) is 2.53. The van der Waals surface area contributed by atoms with E-state index in [1.807, 2.05) is 0 Å². The minimum atomic E-state index is -1.10. The van der Waals surface area contributed by atoms with Crippen molar-refractivity contribution in [3.63, 3.8) is 0 Å². The second-order valence-electron chi connectivity index (χ2n) is 3.52. The van der Waals surface area contributed by atoms with Gasteiger partial charge in [-0.2, -0.15) is 0 Å². The highest BCUT2D eigenvalue weighted by atomic mass is 32.1. The summed E-state index contributed by atoms with van der Waals surface area (Å²) < 4.78 is 26.3. The van der Waals surface area contributed by atoms with E-state index in [-0.39, 0.29) is 15.7 Å². The van der Waals surface area contributed by atoms with Gasteiger partial charge in [0.15, 0.2) is 16.8 Å². The number of benzene rings is 1. The molecule has 0 radical (unpaired) electrons. The highest BCUT2D eigenvalue weighted by Crippen LogP contribution is 2.22. The van der Waals surface area contributed by atoms with Gasteiger partial charge < -0.3 is 11.1 Å². The number of hydrogen-bond donors (Lipinski definition) is 2. The summed E-state index contributed by atoms with van der Waals surface area (Å²) in [5.41, 5.74) is 5.69. The first-order valence-corrected chi connectivity index (χ1v) is 5.79. The molecule has 1 aromatic carbocycles. The number of hydrogen-bond acceptors (Lipinski definition) is 4. The minimum Gasteiger partial charge on any atom is -0.375 e. The molecule has 0 saturated carbocycles. The Morgan fingerprint density at radius 1 is 1.44 bits per heavy atom. The van der Waals surface area contributed by atoms with Gasteiger partial charge in [0, 0.05) is 0 Å². The number of aromatic nitrogens is 1. The fourth-order valence-corrected chi connectivity index (χ4v) is 2.14. The fourth-order valence-electron chi connectivity index (χ4n) is 1.41. The molecule has 94 valence electrons. The van der Waals surface area contributed by atoms with Crippen LogP contribution in [0.15, 0.2) is 18.2 Å². The Labute approximate surface area is 105 Å². The number of amides is 1. The van der Waals surface area contributed by atoms with E-state index >= 15 is 0 Å². The van der Waals surface area contributed by atoms with E-state index in [1.165, 1.54) is 12.1 Å². The van der Waals surface area contributed by atoms with Gasteiger partial charge in [0.2, 0.25) is 0 Å². The fraction of sp³-hybridized carbons (Fsp3) is 0.0909. The second-order valence-corrected chi connectivity index (χ2v) is 4.55. The molecule has 2 aromatic rings. The van der Waals surface area contributed by atoms with Crippen molar-refractivity contribution in [1.29, 1.82) is 0 Å². The van der Waals surface area contributed by atoms with Crippen LogP contribution in [0.2, 0.25) is 0 Å². The minimum absolute atomic E-state index is 0.216. The average Bonchev–Trinajstić information content (AvgIpc) is 2.64. The number of thiazole rings is 1. The number of nitrogens with two attached hydrogens (primary N) is 1. The average molecular weight is 269 g/mol. The number of carbonyl (C=O) groups excluding carboxylic acids is 1. The normalized spacial score (nSPS) is 10.4. The zero-order chi connectivity index (χ0) is 13.3. The highest BCUT2D eigenvalue weighted by molar-refractivity contribution is 7.17. The maximum absolute atomic E-state index is 13.4. The van der Waals surface area contributed by atoms with Crippen LogP contribution < -0.4 is 11.1 Å². The molecule has 0 bridgehead atoms. The van der Waals surface area contributed by atoms with Gasteiger partial charge in [0.25, 0.3) is 5.91 Å². The maximum atomic E-state index is 13.4. The number of halogens is 2. The molecule has 0 spiro atoms. The molecule has 0 saturated heterocycles. The van der Waals surface area contributed by atoms with Crippen LogP contribution in [0.1, 0.15) is 15.4 Å². The van der Waals surface area contributed by atoms with Crippen molar-refractivity contribution >= 4 is 28.1 Å². The van der Waals surface area contributed by atoms with Gasteiger partial charge in [0.05, 0.1) is 11.4 Å². The molecule has 0 atom stereocenters. The number of nitrogens with zero attached hydrogens (tertiary/aromatic N) is 1. The summed E-state index contributed by atoms with van der Waals surface area (Å²) >= 11 is 0.990. The Morgan fingerprint density at radius 2 is 2.17 bits per heavy atom. The Balaban J connectivity index is 2.27. The lowest BCUT2D eigenvalue weighted by atomic mass is 10.3. The summed E-state index contributed by atoms with van der Waals surface area (Å²) in [5.74, 6) is -2.68. The van der Waals surface area contributed by atoms with E-state index in [9.17, 15) is 13.6 Å². The molecule has 2 rings (SSSR count). The zero-order valence-electron chi connectivity index (χ0n) is 9.33. The van der Waals surface area contributed by atoms with E-state index in [0.29, 0.717) is 5.69 Å². The summed E-state index contributed by atoms with van der Waals surface area (Å²) in [7, 11) is 0. The maximum Gasteiger partial charge on any atom is 0.267 e. The highest BCUT2D eigenvalue weighted by Gasteiger charge is 2.16. The van der Waals surface area contributed by atoms with Crippen molar-refractivity contribution in [2.45, 2.75) is 6.92 Å². The van der Waals surface area contributed by atoms with Gasteiger partial charge in [-0.15, -0.1) is 0 Å². The van der Waals surface area contributed by atoms with Crippen molar-refractivity contribution < 1.29 is 13.6 Å². The van der Waals surface area contributed by atoms with Gasteiger partial charge in [-0.05, 0) is 19.1 Å². The Kier molecular flexibility index (Phi) is 3.24. The largest absolute Gasteiger partial charge is 0.375 e. The first-order valence-electron chi connectivity index (χ1n) is 4.97. The van der Waals surface area contributed by atoms with Crippen LogP contribution in [0.3, 0.4) is 0 Å². The molecular formula is C11H9F2N3OS. The van der Waals surface area contributed by atoms with E-state index in [0.717, 1.165) is 17.4 Å². The lowest BCUT2D eigenvalue weighted by Gasteiger charge is -2.05. The monoisotopic (exact) mass is 269 g/mol. The Morgan fingerprint density at radius 3 is 2.78 bits per heavy atom. The molecule has 0 aliphatic heterocycles. The van der Waals surface area contributed by atoms with Crippen molar-refractivity contribution in [1.82, 2.24) is 4.98 Å². The smallest absolute Gasteiger partial charge is 0.267 e. The third-order valence-electron chi connectivity index (χ3n) is 2.22. The van der Waals surface area contributed by atoms with E-state index in [2.05, 4.69) is 10.3 Å². The Hall–Kier alpha value is -2.02. The lowest BCUT2D eigenvalue weighted by molar-refractivity contribution is 0.102. The molecule has 18 heavy (non-hydrogen) atoms. The predicted octanol–water partition coefficient (Wildman–Crippen LogP) is 2.56. The van der Waals surface area contributed by atoms with Crippen LogP contribution in [0.4, 0.5) is 19.6 Å². The number of rotatable bonds is 2. The number of anilines is 2. The second kappa shape index (κ2) is 4.69. The summed E-state index contributed by atoms with van der Waals surface area (Å²) in [4.78, 5) is 16.0. The summed E-state index contributed by atoms with van der Waals surface area (Å²) in [6.07, 6.45) is 0. The van der Waals surface area contributed by atoms with Crippen molar-refractivity contribution in [2.75, 3.05) is 11.1 Å². The molecule has 1 aromatic heterocycles. The van der Waals surface area contributed by atoms with Gasteiger partial charge in [-0.1, -0.05) is 17.4 Å². The predicted molar refractivity (Wildman–Crippen MR) is 65.6 cm³/mol. The molecule has 7 heteroatoms. The van der Waals surface area contributed by atoms with E-state index < -0.39 is 17.5 Å². The lowest BCUT2D eigenvalue weighted by Crippen LogP contribution is -2.13. The van der Waals surface area contributed by atoms with Gasteiger partial charge in [-0.25, -0.2) is 13.8 Å². The standard InChI is InChI=1S/C11H9F2N3OS/c1-5-9(18-11(14)15-5)10(17)16-7-4-2-3-6(12)8(7)13/h2-4H,1H3,(H2,14,15)(H,16,17). The summed E-state index contributed by atoms with van der Waals surface area (Å²) in [6.45, 7) is 1.61. The topological polar surface area (TPSA) is 68.0 Å². The van der Waals surface area contributed by atoms with Gasteiger partial charge in [-0.3, -0.25) is 4.79 Å². The number of nitrogen functional groups attached to an aromatic ring is 1. The quantitative estimate of drug-likeness (QED) is 0.880. The molecule has 0 aliphatic carbocycles. The zero-order valence-corrected chi connectivity index (χ0v) is 10.1. The van der Waals surface area contributed by atoms with Crippen LogP contribution in [0.5, 0.6) is 0 Å². The number of carbonyl (C=O) groups is 1. The first kappa shape index (κ1) is 12.4. The van der Waals surface area contributed by atoms with Crippen molar-refractivity contribution in [3.8, 4) is 0 Å². The SMILES string of the molecule is Cc1nc(N)sc1C(=O)Nc1cccc(F)c1F. The molecular weight excluding hydrogens is 260 g/mol. The van der Waals surface area contributed by atoms with Crippen LogP contribution in [0.25, 0.3) is 0 Å². The third-order valence-corrected chi connectivity index (χ3v) is 3.20. The Bertz CT molecular complexity index is 612. The first-order chi connectivity index (χ1) is 8.49. The molecule has 0 unspecified atom stereocenters. The van der Waals surface area contributed by atoms with Gasteiger partial charge in [0.1, 0.15) is 4.88 Å². The summed E-state index contributed by atoms with van der Waals surface area (Å²) in [6, 6.07) is 3.55. The molecule has 1 heterocycles. The van der Waals surface area contributed by atoms with Crippen molar-refractivity contribution in [3.05, 3.63) is 40.4 Å². The molecule has 4 nitrogen and oxygen atoms in total. The molecule has 0 fully saturated rings. The number of aryl methyl sites for hydroxylation is 1. The van der Waals surface area contributed by atoms with E-state index in [4.69, 9.17) is 5.73 Å². The molecule has 3 N–H and O–H groups in total.